The molecule has 0 radical (unpaired) electrons. The summed E-state index contributed by atoms with van der Waals surface area (Å²) in [6.45, 7) is -0.0784. The Kier molecular flexibility index (Phi) is 5.08. The van der Waals surface area contributed by atoms with Gasteiger partial charge in [-0.1, -0.05) is 12.1 Å². The van der Waals surface area contributed by atoms with Crippen LogP contribution in [0.4, 0.5) is 5.00 Å². The fraction of sp³-hybridized carbons (Fsp3) is 0.154. The molecule has 1 aromatic carbocycles. The monoisotopic (exact) mass is 355 g/mol. The number of hydrogen-bond acceptors (Lipinski definition) is 7. The number of ketones is 1. The van der Waals surface area contributed by atoms with Crippen LogP contribution in [-0.4, -0.2) is 36.8 Å². The van der Waals surface area contributed by atoms with E-state index in [-0.39, 0.29) is 34.3 Å². The molecule has 2 rings (SSSR count). The van der Waals surface area contributed by atoms with Gasteiger partial charge in [-0.2, -0.15) is 0 Å². The molecule has 0 fully saturated rings. The molecule has 4 N–H and O–H groups in total. The Balaban J connectivity index is 2.21. The molecule has 0 saturated heterocycles. The van der Waals surface area contributed by atoms with E-state index in [1.54, 1.807) is 0 Å². The van der Waals surface area contributed by atoms with Gasteiger partial charge in [-0.15, -0.1) is 11.3 Å². The normalized spacial score (nSPS) is 11.2. The lowest BCUT2D eigenvalue weighted by Crippen LogP contribution is -2.16. The summed E-state index contributed by atoms with van der Waals surface area (Å²) >= 11 is 0.873. The van der Waals surface area contributed by atoms with Crippen molar-refractivity contribution in [2.75, 3.05) is 11.3 Å². The van der Waals surface area contributed by atoms with Gasteiger partial charge in [0.1, 0.15) is 5.00 Å². The van der Waals surface area contributed by atoms with Crippen molar-refractivity contribution in [1.29, 1.82) is 0 Å². The summed E-state index contributed by atoms with van der Waals surface area (Å²) in [5, 5.41) is 8.86. The van der Waals surface area contributed by atoms with Gasteiger partial charge < -0.3 is 10.8 Å². The first kappa shape index (κ1) is 17.1. The second kappa shape index (κ2) is 6.86. The number of nitrogens with zero attached hydrogens (tertiary/aromatic N) is 1. The first-order chi connectivity index (χ1) is 10.8. The van der Waals surface area contributed by atoms with Gasteiger partial charge in [-0.25, -0.2) is 18.2 Å². The van der Waals surface area contributed by atoms with Gasteiger partial charge in [0.25, 0.3) is 10.0 Å². The van der Waals surface area contributed by atoms with E-state index in [1.165, 1.54) is 29.8 Å². The third kappa shape index (κ3) is 4.12. The van der Waals surface area contributed by atoms with E-state index in [4.69, 9.17) is 10.8 Å². The predicted molar refractivity (Wildman–Crippen MR) is 84.1 cm³/mol. The third-order valence-corrected chi connectivity index (χ3v) is 5.10. The zero-order valence-electron chi connectivity index (χ0n) is 11.7. The second-order valence-electron chi connectivity index (χ2n) is 4.50. The van der Waals surface area contributed by atoms with Crippen molar-refractivity contribution < 1.29 is 23.1 Å². The summed E-state index contributed by atoms with van der Waals surface area (Å²) in [5.74, 6) is -1.48. The van der Waals surface area contributed by atoms with Crippen LogP contribution < -0.4 is 10.5 Å². The molecular weight excluding hydrogens is 342 g/mol. The van der Waals surface area contributed by atoms with Crippen molar-refractivity contribution in [2.45, 2.75) is 11.3 Å². The van der Waals surface area contributed by atoms with Crippen molar-refractivity contribution in [1.82, 2.24) is 4.98 Å². The minimum atomic E-state index is -3.94. The summed E-state index contributed by atoms with van der Waals surface area (Å²) in [4.78, 5) is 25.8. The number of benzene rings is 1. The number of carbonyl (C=O) groups is 2. The summed E-state index contributed by atoms with van der Waals surface area (Å²) in [5.41, 5.74) is 6.75. The molecule has 122 valence electrons. The van der Waals surface area contributed by atoms with Gasteiger partial charge in [-0.3, -0.25) is 9.52 Å². The number of sulfonamides is 1. The van der Waals surface area contributed by atoms with E-state index in [0.29, 0.717) is 5.56 Å². The molecule has 1 heterocycles. The molecule has 0 unspecified atom stereocenters. The molecule has 10 heteroatoms. The molecule has 0 aliphatic rings. The molecule has 0 spiro atoms. The van der Waals surface area contributed by atoms with Crippen molar-refractivity contribution in [2.24, 2.45) is 5.73 Å². The number of aromatic nitrogens is 1. The van der Waals surface area contributed by atoms with E-state index in [2.05, 4.69) is 9.71 Å². The van der Waals surface area contributed by atoms with Crippen molar-refractivity contribution in [3.63, 3.8) is 0 Å². The maximum absolute atomic E-state index is 12.3. The number of carboxylic acid groups (broad SMARTS) is 1. The van der Waals surface area contributed by atoms with Gasteiger partial charge >= 0.3 is 5.97 Å². The standard InChI is InChI=1S/C13H13N3O5S2/c14-6-9(17)5-8-1-3-10(4-2-8)23(20,21)16-12-11(13(18)19)15-7-22-12/h1-4,7,16H,5-6,14H2,(H,18,19). The highest BCUT2D eigenvalue weighted by atomic mass is 32.2. The van der Waals surface area contributed by atoms with E-state index < -0.39 is 16.0 Å². The number of aromatic carboxylic acids is 1. The average Bonchev–Trinajstić information content (AvgIpc) is 2.95. The number of carboxylic acids is 1. The Morgan fingerprint density at radius 3 is 2.48 bits per heavy atom. The fourth-order valence-electron chi connectivity index (χ4n) is 1.74. The number of thiazole rings is 1. The van der Waals surface area contributed by atoms with Crippen LogP contribution in [0.5, 0.6) is 0 Å². The van der Waals surface area contributed by atoms with Crippen LogP contribution in [0.1, 0.15) is 16.1 Å². The smallest absolute Gasteiger partial charge is 0.357 e. The zero-order chi connectivity index (χ0) is 17.0. The van der Waals surface area contributed by atoms with E-state index >= 15 is 0 Å². The van der Waals surface area contributed by atoms with Crippen LogP contribution in [0.3, 0.4) is 0 Å². The van der Waals surface area contributed by atoms with E-state index in [0.717, 1.165) is 11.3 Å². The summed E-state index contributed by atoms with van der Waals surface area (Å²) in [6.07, 6.45) is 0.127. The Bertz CT molecular complexity index is 828. The van der Waals surface area contributed by atoms with Crippen molar-refractivity contribution in [3.8, 4) is 0 Å². The molecule has 1 aromatic heterocycles. The SMILES string of the molecule is NCC(=O)Cc1ccc(S(=O)(=O)Nc2scnc2C(=O)O)cc1. The predicted octanol–water partition coefficient (Wildman–Crippen LogP) is 0.712. The number of carbonyl (C=O) groups excluding carboxylic acids is 1. The van der Waals surface area contributed by atoms with Crippen molar-refractivity contribution in [3.05, 3.63) is 41.0 Å². The second-order valence-corrected chi connectivity index (χ2v) is 7.04. The fourth-order valence-corrected chi connectivity index (χ4v) is 3.73. The lowest BCUT2D eigenvalue weighted by atomic mass is 10.1. The minimum absolute atomic E-state index is 0.0498. The number of anilines is 1. The first-order valence-electron chi connectivity index (χ1n) is 6.34. The van der Waals surface area contributed by atoms with Crippen LogP contribution >= 0.6 is 11.3 Å². The number of nitrogens with two attached hydrogens (primary N) is 1. The highest BCUT2D eigenvalue weighted by Crippen LogP contribution is 2.24. The number of rotatable bonds is 7. The van der Waals surface area contributed by atoms with Crippen LogP contribution in [-0.2, 0) is 21.2 Å². The van der Waals surface area contributed by atoms with E-state index in [1.807, 2.05) is 0 Å². The third-order valence-electron chi connectivity index (χ3n) is 2.86. The zero-order valence-corrected chi connectivity index (χ0v) is 13.4. The maximum Gasteiger partial charge on any atom is 0.357 e. The Hall–Kier alpha value is -2.30. The molecule has 8 nitrogen and oxygen atoms in total. The van der Waals surface area contributed by atoms with Crippen LogP contribution in [0.25, 0.3) is 0 Å². The van der Waals surface area contributed by atoms with Gasteiger partial charge in [-0.05, 0) is 17.7 Å². The Morgan fingerprint density at radius 2 is 1.91 bits per heavy atom. The van der Waals surface area contributed by atoms with Crippen LogP contribution in [0.2, 0.25) is 0 Å². The van der Waals surface area contributed by atoms with Crippen LogP contribution in [0.15, 0.2) is 34.7 Å². The van der Waals surface area contributed by atoms with Gasteiger partial charge in [0, 0.05) is 6.42 Å². The minimum Gasteiger partial charge on any atom is -0.476 e. The van der Waals surface area contributed by atoms with Crippen LogP contribution in [0, 0.1) is 0 Å². The summed E-state index contributed by atoms with van der Waals surface area (Å²) in [7, 11) is -3.94. The number of hydrogen-bond donors (Lipinski definition) is 3. The molecule has 0 atom stereocenters. The molecule has 0 aliphatic heterocycles. The molecular formula is C13H13N3O5S2. The highest BCUT2D eigenvalue weighted by Gasteiger charge is 2.20. The summed E-state index contributed by atoms with van der Waals surface area (Å²) in [6, 6.07) is 5.69. The molecule has 0 saturated carbocycles. The maximum atomic E-state index is 12.3. The summed E-state index contributed by atoms with van der Waals surface area (Å²) < 4.78 is 26.7. The lowest BCUT2D eigenvalue weighted by molar-refractivity contribution is -0.117. The average molecular weight is 355 g/mol. The Labute approximate surface area is 136 Å². The molecule has 23 heavy (non-hydrogen) atoms. The van der Waals surface area contributed by atoms with Gasteiger partial charge in [0.2, 0.25) is 0 Å². The highest BCUT2D eigenvalue weighted by molar-refractivity contribution is 7.93. The molecule has 0 amide bonds. The van der Waals surface area contributed by atoms with Crippen molar-refractivity contribution >= 4 is 38.1 Å². The van der Waals surface area contributed by atoms with Gasteiger partial charge in [0.05, 0.1) is 17.0 Å². The lowest BCUT2D eigenvalue weighted by Gasteiger charge is -2.07. The molecule has 2 aromatic rings. The molecule has 0 aliphatic carbocycles. The quantitative estimate of drug-likeness (QED) is 0.664. The Morgan fingerprint density at radius 1 is 1.26 bits per heavy atom. The number of nitrogens with one attached hydrogen (secondary N) is 1. The molecule has 0 bridgehead atoms. The first-order valence-corrected chi connectivity index (χ1v) is 8.70. The largest absolute Gasteiger partial charge is 0.476 e. The topological polar surface area (TPSA) is 139 Å². The van der Waals surface area contributed by atoms with E-state index in [9.17, 15) is 18.0 Å². The number of Topliss-reactive ketones (excluding diaryl/α,β-unsaturated/α-hetero) is 1. The van der Waals surface area contributed by atoms with Gasteiger partial charge in [0.15, 0.2) is 11.5 Å².